The lowest BCUT2D eigenvalue weighted by Gasteiger charge is -2.12. The second-order valence-electron chi connectivity index (χ2n) is 5.00. The highest BCUT2D eigenvalue weighted by atomic mass is 16.5. The number of nitrogens with zero attached hydrogens (tertiary/aromatic N) is 3. The van der Waals surface area contributed by atoms with E-state index in [1.54, 1.807) is 23.0 Å². The second kappa shape index (κ2) is 8.89. The van der Waals surface area contributed by atoms with Crippen LogP contribution < -0.4 is 20.9 Å². The van der Waals surface area contributed by atoms with Crippen molar-refractivity contribution in [1.82, 2.24) is 19.9 Å². The Kier molecular flexibility index (Phi) is 6.56. The molecule has 0 radical (unpaired) electrons. The summed E-state index contributed by atoms with van der Waals surface area (Å²) in [4.78, 5) is 20.7. The van der Waals surface area contributed by atoms with Crippen LogP contribution in [0, 0.1) is 6.92 Å². The highest BCUT2D eigenvalue weighted by Crippen LogP contribution is 2.03. The molecule has 0 atom stereocenters. The van der Waals surface area contributed by atoms with Crippen molar-refractivity contribution in [1.29, 1.82) is 0 Å². The summed E-state index contributed by atoms with van der Waals surface area (Å²) in [6.45, 7) is 7.07. The molecule has 7 heteroatoms. The average molecular weight is 317 g/mol. The molecule has 0 unspecified atom stereocenters. The third-order valence-corrected chi connectivity index (χ3v) is 3.30. The van der Waals surface area contributed by atoms with Gasteiger partial charge in [0.05, 0.1) is 6.54 Å². The summed E-state index contributed by atoms with van der Waals surface area (Å²) >= 11 is 0. The lowest BCUT2D eigenvalue weighted by molar-refractivity contribution is 0.320. The Morgan fingerprint density at radius 2 is 2.13 bits per heavy atom. The minimum Gasteiger partial charge on any atom is -0.476 e. The summed E-state index contributed by atoms with van der Waals surface area (Å²) in [5.41, 5.74) is 0.740. The van der Waals surface area contributed by atoms with Crippen LogP contribution in [0.25, 0.3) is 0 Å². The van der Waals surface area contributed by atoms with Crippen LogP contribution in [-0.2, 0) is 6.54 Å². The summed E-state index contributed by atoms with van der Waals surface area (Å²) < 4.78 is 7.20. The van der Waals surface area contributed by atoms with Crippen molar-refractivity contribution in [2.45, 2.75) is 20.4 Å². The minimum absolute atomic E-state index is 0.110. The van der Waals surface area contributed by atoms with Gasteiger partial charge in [0.2, 0.25) is 5.88 Å². The fourth-order valence-corrected chi connectivity index (χ4v) is 2.10. The summed E-state index contributed by atoms with van der Waals surface area (Å²) in [5, 5.41) is 6.24. The Labute approximate surface area is 135 Å². The van der Waals surface area contributed by atoms with Crippen molar-refractivity contribution in [2.75, 3.05) is 31.6 Å². The van der Waals surface area contributed by atoms with Crippen LogP contribution in [0.5, 0.6) is 5.88 Å². The molecule has 0 spiro atoms. The molecule has 0 saturated carbocycles. The third-order valence-electron chi connectivity index (χ3n) is 3.30. The molecule has 0 bridgehead atoms. The first-order valence-electron chi connectivity index (χ1n) is 7.77. The van der Waals surface area contributed by atoms with Gasteiger partial charge >= 0.3 is 0 Å². The molecule has 0 amide bonds. The number of rotatable bonds is 9. The van der Waals surface area contributed by atoms with Gasteiger partial charge in [0.1, 0.15) is 6.61 Å². The Morgan fingerprint density at radius 1 is 1.26 bits per heavy atom. The lowest BCUT2D eigenvalue weighted by Crippen LogP contribution is -2.31. The molecule has 2 rings (SSSR count). The van der Waals surface area contributed by atoms with Crippen LogP contribution >= 0.6 is 0 Å². The molecule has 0 aromatic carbocycles. The number of likely N-dealkylation sites (N-methyl/N-ethyl adjacent to an activating group) is 1. The zero-order valence-electron chi connectivity index (χ0n) is 13.6. The number of anilines is 1. The Morgan fingerprint density at radius 3 is 2.87 bits per heavy atom. The van der Waals surface area contributed by atoms with Crippen molar-refractivity contribution < 1.29 is 4.74 Å². The van der Waals surface area contributed by atoms with Crippen LogP contribution in [0.1, 0.15) is 12.6 Å². The fourth-order valence-electron chi connectivity index (χ4n) is 2.10. The Hall–Kier alpha value is -2.41. The SMILES string of the molecule is CCNCCn1c(C)cnc(NCCOc2ccccn2)c1=O. The zero-order chi connectivity index (χ0) is 16.5. The van der Waals surface area contributed by atoms with E-state index < -0.39 is 0 Å². The van der Waals surface area contributed by atoms with Gasteiger partial charge in [-0.15, -0.1) is 0 Å². The summed E-state index contributed by atoms with van der Waals surface area (Å²) in [6.07, 6.45) is 3.38. The van der Waals surface area contributed by atoms with Gasteiger partial charge in [-0.05, 0) is 19.5 Å². The Balaban J connectivity index is 1.89. The van der Waals surface area contributed by atoms with Crippen LogP contribution in [0.15, 0.2) is 35.4 Å². The van der Waals surface area contributed by atoms with E-state index in [0.29, 0.717) is 31.4 Å². The molecular weight excluding hydrogens is 294 g/mol. The third kappa shape index (κ3) is 5.07. The summed E-state index contributed by atoms with van der Waals surface area (Å²) in [5.74, 6) is 0.908. The maximum Gasteiger partial charge on any atom is 0.293 e. The van der Waals surface area contributed by atoms with Crippen LogP contribution in [0.3, 0.4) is 0 Å². The van der Waals surface area contributed by atoms with Crippen LogP contribution in [0.2, 0.25) is 0 Å². The van der Waals surface area contributed by atoms with E-state index in [0.717, 1.165) is 18.8 Å². The van der Waals surface area contributed by atoms with Gasteiger partial charge < -0.3 is 19.9 Å². The number of nitrogens with one attached hydrogen (secondary N) is 2. The summed E-state index contributed by atoms with van der Waals surface area (Å²) in [7, 11) is 0. The van der Waals surface area contributed by atoms with Crippen molar-refractivity contribution >= 4 is 5.82 Å². The molecule has 0 fully saturated rings. The lowest BCUT2D eigenvalue weighted by atomic mass is 10.4. The maximum atomic E-state index is 12.4. The predicted octanol–water partition coefficient (Wildman–Crippen LogP) is 1.05. The number of pyridine rings is 1. The van der Waals surface area contributed by atoms with Gasteiger partial charge in [0, 0.05) is 37.2 Å². The van der Waals surface area contributed by atoms with Crippen LogP contribution in [0.4, 0.5) is 5.82 Å². The smallest absolute Gasteiger partial charge is 0.293 e. The van der Waals surface area contributed by atoms with E-state index in [-0.39, 0.29) is 5.56 Å². The zero-order valence-corrected chi connectivity index (χ0v) is 13.6. The molecule has 2 aromatic rings. The molecular formula is C16H23N5O2. The number of aryl methyl sites for hydroxylation is 1. The first-order valence-corrected chi connectivity index (χ1v) is 7.77. The second-order valence-corrected chi connectivity index (χ2v) is 5.00. The molecule has 0 aliphatic carbocycles. The fraction of sp³-hybridized carbons (Fsp3) is 0.438. The van der Waals surface area contributed by atoms with Crippen molar-refractivity contribution in [2.24, 2.45) is 0 Å². The molecule has 2 aromatic heterocycles. The number of ether oxygens (including phenoxy) is 1. The average Bonchev–Trinajstić information content (AvgIpc) is 2.57. The monoisotopic (exact) mass is 317 g/mol. The van der Waals surface area contributed by atoms with E-state index in [1.165, 1.54) is 0 Å². The molecule has 7 nitrogen and oxygen atoms in total. The van der Waals surface area contributed by atoms with E-state index in [4.69, 9.17) is 4.74 Å². The molecule has 2 heterocycles. The maximum absolute atomic E-state index is 12.4. The van der Waals surface area contributed by atoms with E-state index >= 15 is 0 Å². The van der Waals surface area contributed by atoms with Crippen molar-refractivity contribution in [3.63, 3.8) is 0 Å². The first-order chi connectivity index (χ1) is 11.2. The summed E-state index contributed by atoms with van der Waals surface area (Å²) in [6, 6.07) is 5.48. The van der Waals surface area contributed by atoms with E-state index in [2.05, 4.69) is 20.6 Å². The quantitative estimate of drug-likeness (QED) is 0.673. The highest BCUT2D eigenvalue weighted by molar-refractivity contribution is 5.31. The van der Waals surface area contributed by atoms with Gasteiger partial charge in [-0.2, -0.15) is 0 Å². The van der Waals surface area contributed by atoms with E-state index in [1.807, 2.05) is 26.0 Å². The number of hydrogen-bond acceptors (Lipinski definition) is 6. The molecule has 2 N–H and O–H groups in total. The molecule has 0 aliphatic heterocycles. The van der Waals surface area contributed by atoms with Gasteiger partial charge in [-0.25, -0.2) is 9.97 Å². The van der Waals surface area contributed by atoms with Gasteiger partial charge in [0.25, 0.3) is 5.56 Å². The standard InChI is InChI=1S/C16H23N5O2/c1-3-17-8-10-21-13(2)12-20-15(16(21)22)19-9-11-23-14-6-4-5-7-18-14/h4-7,12,17H,3,8-11H2,1-2H3,(H,19,20). The Bertz CT molecular complexity index is 657. The van der Waals surface area contributed by atoms with Gasteiger partial charge in [0.15, 0.2) is 5.82 Å². The van der Waals surface area contributed by atoms with Crippen molar-refractivity contribution in [3.05, 3.63) is 46.6 Å². The largest absolute Gasteiger partial charge is 0.476 e. The van der Waals surface area contributed by atoms with Crippen LogP contribution in [-0.4, -0.2) is 40.8 Å². The molecule has 0 aliphatic rings. The molecule has 0 saturated heterocycles. The number of aromatic nitrogens is 3. The van der Waals surface area contributed by atoms with Gasteiger partial charge in [-0.1, -0.05) is 13.0 Å². The first kappa shape index (κ1) is 17.0. The predicted molar refractivity (Wildman–Crippen MR) is 90.0 cm³/mol. The minimum atomic E-state index is -0.110. The topological polar surface area (TPSA) is 81.1 Å². The normalized spacial score (nSPS) is 10.5. The van der Waals surface area contributed by atoms with E-state index in [9.17, 15) is 4.79 Å². The number of hydrogen-bond donors (Lipinski definition) is 2. The highest BCUT2D eigenvalue weighted by Gasteiger charge is 2.07. The van der Waals surface area contributed by atoms with Crippen molar-refractivity contribution in [3.8, 4) is 5.88 Å². The molecule has 124 valence electrons. The van der Waals surface area contributed by atoms with Gasteiger partial charge in [-0.3, -0.25) is 4.79 Å². The molecule has 23 heavy (non-hydrogen) atoms.